The molecule has 0 bridgehead atoms. The lowest BCUT2D eigenvalue weighted by Crippen LogP contribution is -2.34. The summed E-state index contributed by atoms with van der Waals surface area (Å²) in [5, 5.41) is 4.59. The Kier molecular flexibility index (Phi) is 5.64. The van der Waals surface area contributed by atoms with Crippen molar-refractivity contribution in [3.8, 4) is 11.4 Å². The fourth-order valence-electron chi connectivity index (χ4n) is 3.69. The zero-order valence-electron chi connectivity index (χ0n) is 15.8. The maximum Gasteiger partial charge on any atom is 0.348 e. The van der Waals surface area contributed by atoms with Gasteiger partial charge < -0.3 is 4.74 Å². The van der Waals surface area contributed by atoms with Gasteiger partial charge >= 0.3 is 5.69 Å². The Morgan fingerprint density at radius 1 is 1.18 bits per heavy atom. The first kappa shape index (κ1) is 19.0. The second-order valence-electron chi connectivity index (χ2n) is 7.13. The highest BCUT2D eigenvalue weighted by atomic mass is 79.9. The molecule has 1 unspecified atom stereocenters. The summed E-state index contributed by atoms with van der Waals surface area (Å²) in [6, 6.07) is 15.8. The predicted molar refractivity (Wildman–Crippen MR) is 112 cm³/mol. The summed E-state index contributed by atoms with van der Waals surface area (Å²) in [5.41, 5.74) is 1.82. The SMILES string of the molecule is COc1ccc(-n2nc(C3CCCN(Cc4ccc(Br)cc4)C3)[nH]c2=O)cc1. The van der Waals surface area contributed by atoms with E-state index >= 15 is 0 Å². The van der Waals surface area contributed by atoms with Crippen molar-refractivity contribution >= 4 is 15.9 Å². The van der Waals surface area contributed by atoms with Gasteiger partial charge in [0.05, 0.1) is 12.8 Å². The maximum atomic E-state index is 12.4. The van der Waals surface area contributed by atoms with Crippen molar-refractivity contribution in [2.75, 3.05) is 20.2 Å². The predicted octanol–water partition coefficient (Wildman–Crippen LogP) is 3.71. The van der Waals surface area contributed by atoms with Crippen molar-refractivity contribution < 1.29 is 4.74 Å². The third-order valence-corrected chi connectivity index (χ3v) is 5.69. The molecule has 2 heterocycles. The molecule has 1 saturated heterocycles. The van der Waals surface area contributed by atoms with Crippen LogP contribution in [0.15, 0.2) is 57.8 Å². The Morgan fingerprint density at radius 2 is 1.93 bits per heavy atom. The second kappa shape index (κ2) is 8.32. The second-order valence-corrected chi connectivity index (χ2v) is 8.04. The average molecular weight is 443 g/mol. The molecule has 4 rings (SSSR count). The van der Waals surface area contributed by atoms with Gasteiger partial charge in [0.1, 0.15) is 11.6 Å². The Hall–Kier alpha value is -2.38. The van der Waals surface area contributed by atoms with Crippen LogP contribution in [0.4, 0.5) is 0 Å². The number of likely N-dealkylation sites (tertiary alicyclic amines) is 1. The van der Waals surface area contributed by atoms with Gasteiger partial charge in [0.15, 0.2) is 0 Å². The molecule has 1 aromatic heterocycles. The van der Waals surface area contributed by atoms with Gasteiger partial charge in [0.25, 0.3) is 0 Å². The van der Waals surface area contributed by atoms with Crippen LogP contribution in [0.25, 0.3) is 5.69 Å². The number of H-pyrrole nitrogens is 1. The van der Waals surface area contributed by atoms with Crippen molar-refractivity contribution in [3.63, 3.8) is 0 Å². The zero-order chi connectivity index (χ0) is 19.5. The molecular formula is C21H23BrN4O2. The fraction of sp³-hybridized carbons (Fsp3) is 0.333. The molecule has 0 amide bonds. The number of hydrogen-bond acceptors (Lipinski definition) is 4. The van der Waals surface area contributed by atoms with E-state index in [1.54, 1.807) is 7.11 Å². The summed E-state index contributed by atoms with van der Waals surface area (Å²) in [4.78, 5) is 17.8. The maximum absolute atomic E-state index is 12.4. The smallest absolute Gasteiger partial charge is 0.348 e. The number of halogens is 1. The minimum absolute atomic E-state index is 0.204. The number of piperidine rings is 1. The summed E-state index contributed by atoms with van der Waals surface area (Å²) in [6.45, 7) is 2.87. The van der Waals surface area contributed by atoms with Crippen LogP contribution in [-0.2, 0) is 6.54 Å². The molecule has 28 heavy (non-hydrogen) atoms. The number of aromatic nitrogens is 3. The van der Waals surface area contributed by atoms with Gasteiger partial charge in [-0.25, -0.2) is 4.79 Å². The minimum atomic E-state index is -0.204. The monoisotopic (exact) mass is 442 g/mol. The van der Waals surface area contributed by atoms with Gasteiger partial charge in [-0.1, -0.05) is 28.1 Å². The summed E-state index contributed by atoms with van der Waals surface area (Å²) in [6.07, 6.45) is 2.13. The third kappa shape index (κ3) is 4.20. The number of hydrogen-bond donors (Lipinski definition) is 1. The molecule has 0 saturated carbocycles. The van der Waals surface area contributed by atoms with Crippen LogP contribution in [0.2, 0.25) is 0 Å². The van der Waals surface area contributed by atoms with Crippen LogP contribution in [0.5, 0.6) is 5.75 Å². The Bertz CT molecular complexity index is 979. The van der Waals surface area contributed by atoms with Gasteiger partial charge in [-0.15, -0.1) is 5.10 Å². The van der Waals surface area contributed by atoms with Crippen molar-refractivity contribution in [3.05, 3.63) is 74.9 Å². The number of rotatable bonds is 5. The summed E-state index contributed by atoms with van der Waals surface area (Å²) < 4.78 is 7.70. The molecule has 2 aromatic carbocycles. The van der Waals surface area contributed by atoms with Gasteiger partial charge in [0.2, 0.25) is 0 Å². The van der Waals surface area contributed by atoms with E-state index < -0.39 is 0 Å². The van der Waals surface area contributed by atoms with Crippen molar-refractivity contribution in [1.29, 1.82) is 0 Å². The standard InChI is InChI=1S/C21H23BrN4O2/c1-28-19-10-8-18(9-11-19)26-21(27)23-20(24-26)16-3-2-12-25(14-16)13-15-4-6-17(22)7-5-15/h4-11,16H,2-3,12-14H2,1H3,(H,23,24,27). The van der Waals surface area contributed by atoms with Crippen molar-refractivity contribution in [2.45, 2.75) is 25.3 Å². The molecule has 1 aliphatic rings. The van der Waals surface area contributed by atoms with E-state index in [4.69, 9.17) is 4.74 Å². The van der Waals surface area contributed by atoms with Gasteiger partial charge in [-0.05, 0) is 61.3 Å². The number of nitrogens with zero attached hydrogens (tertiary/aromatic N) is 3. The molecule has 1 fully saturated rings. The molecule has 1 atom stereocenters. The molecule has 6 nitrogen and oxygen atoms in total. The molecule has 146 valence electrons. The molecule has 0 radical (unpaired) electrons. The summed E-state index contributed by atoms with van der Waals surface area (Å²) >= 11 is 3.48. The van der Waals surface area contributed by atoms with E-state index in [2.05, 4.69) is 55.2 Å². The quantitative estimate of drug-likeness (QED) is 0.653. The lowest BCUT2D eigenvalue weighted by molar-refractivity contribution is 0.196. The van der Waals surface area contributed by atoms with Gasteiger partial charge in [-0.2, -0.15) is 4.68 Å². The number of methoxy groups -OCH3 is 1. The Labute approximate surface area is 172 Å². The molecule has 0 aliphatic carbocycles. The Balaban J connectivity index is 1.49. The van der Waals surface area contributed by atoms with Gasteiger partial charge in [-0.3, -0.25) is 9.88 Å². The van der Waals surface area contributed by atoms with Crippen LogP contribution in [0.1, 0.15) is 30.1 Å². The highest BCUT2D eigenvalue weighted by Gasteiger charge is 2.25. The Morgan fingerprint density at radius 3 is 2.64 bits per heavy atom. The number of aromatic amines is 1. The summed E-state index contributed by atoms with van der Waals surface area (Å²) in [5.74, 6) is 1.75. The van der Waals surface area contributed by atoms with Crippen LogP contribution in [-0.4, -0.2) is 39.9 Å². The molecule has 1 N–H and O–H groups in total. The largest absolute Gasteiger partial charge is 0.497 e. The first-order valence-corrected chi connectivity index (χ1v) is 10.2. The number of ether oxygens (including phenoxy) is 1. The highest BCUT2D eigenvalue weighted by molar-refractivity contribution is 9.10. The van der Waals surface area contributed by atoms with E-state index in [0.717, 1.165) is 54.2 Å². The zero-order valence-corrected chi connectivity index (χ0v) is 17.4. The minimum Gasteiger partial charge on any atom is -0.497 e. The van der Waals surface area contributed by atoms with Crippen molar-refractivity contribution in [1.82, 2.24) is 19.7 Å². The van der Waals surface area contributed by atoms with E-state index in [0.29, 0.717) is 0 Å². The number of nitrogens with one attached hydrogen (secondary N) is 1. The lowest BCUT2D eigenvalue weighted by Gasteiger charge is -2.31. The van der Waals surface area contributed by atoms with E-state index in [1.165, 1.54) is 10.2 Å². The first-order chi connectivity index (χ1) is 13.6. The topological polar surface area (TPSA) is 63.1 Å². The van der Waals surface area contributed by atoms with Crippen LogP contribution < -0.4 is 10.4 Å². The first-order valence-electron chi connectivity index (χ1n) is 9.43. The van der Waals surface area contributed by atoms with Crippen LogP contribution in [0.3, 0.4) is 0 Å². The van der Waals surface area contributed by atoms with E-state index in [-0.39, 0.29) is 11.6 Å². The van der Waals surface area contributed by atoms with Crippen LogP contribution in [0, 0.1) is 0 Å². The highest BCUT2D eigenvalue weighted by Crippen LogP contribution is 2.25. The fourth-order valence-corrected chi connectivity index (χ4v) is 3.96. The molecule has 3 aromatic rings. The molecule has 0 spiro atoms. The van der Waals surface area contributed by atoms with E-state index in [9.17, 15) is 4.79 Å². The van der Waals surface area contributed by atoms with Crippen LogP contribution >= 0.6 is 15.9 Å². The molecule has 1 aliphatic heterocycles. The molecular weight excluding hydrogens is 420 g/mol. The summed E-state index contributed by atoms with van der Waals surface area (Å²) in [7, 11) is 1.62. The van der Waals surface area contributed by atoms with Crippen molar-refractivity contribution in [2.24, 2.45) is 0 Å². The normalized spacial score (nSPS) is 17.6. The van der Waals surface area contributed by atoms with Gasteiger partial charge in [0, 0.05) is 23.5 Å². The molecule has 7 heteroatoms. The van der Waals surface area contributed by atoms with E-state index in [1.807, 2.05) is 24.3 Å². The average Bonchev–Trinajstić information content (AvgIpc) is 3.12. The third-order valence-electron chi connectivity index (χ3n) is 5.16. The number of benzene rings is 2. The lowest BCUT2D eigenvalue weighted by atomic mass is 9.97.